The second-order valence-electron chi connectivity index (χ2n) is 7.28. The van der Waals surface area contributed by atoms with Crippen molar-refractivity contribution in [3.05, 3.63) is 48.5 Å². The van der Waals surface area contributed by atoms with Crippen molar-refractivity contribution < 1.29 is 23.9 Å². The average molecular weight is 498 g/mol. The van der Waals surface area contributed by atoms with Crippen LogP contribution in [-0.4, -0.2) is 68.1 Å². The fourth-order valence-corrected chi connectivity index (χ4v) is 5.01. The Bertz CT molecular complexity index is 1230. The number of hydrogen-bond acceptors (Lipinski definition) is 9. The van der Waals surface area contributed by atoms with E-state index in [0.29, 0.717) is 22.5 Å². The molecule has 3 aromatic rings. The lowest BCUT2D eigenvalue weighted by molar-refractivity contribution is -0.125. The largest absolute Gasteiger partial charge is 0.454 e. The summed E-state index contributed by atoms with van der Waals surface area (Å²) in [5.41, 5.74) is 1.65. The lowest BCUT2D eigenvalue weighted by atomic mass is 10.2. The number of carbonyl (C=O) groups excluding carboxylic acids is 3. The molecule has 1 fully saturated rings. The molecule has 0 bridgehead atoms. The van der Waals surface area contributed by atoms with Crippen molar-refractivity contribution in [2.24, 2.45) is 0 Å². The molecular formula is C22H19N5O5S2. The third-order valence-electron chi connectivity index (χ3n) is 5.11. The van der Waals surface area contributed by atoms with Gasteiger partial charge in [0.1, 0.15) is 0 Å². The fourth-order valence-electron chi connectivity index (χ4n) is 3.48. The minimum absolute atomic E-state index is 0.0999. The average Bonchev–Trinajstić information content (AvgIpc) is 3.57. The van der Waals surface area contributed by atoms with E-state index in [1.807, 2.05) is 53.1 Å². The van der Waals surface area contributed by atoms with E-state index in [0.717, 1.165) is 27.9 Å². The van der Waals surface area contributed by atoms with Crippen LogP contribution in [0.2, 0.25) is 0 Å². The van der Waals surface area contributed by atoms with E-state index in [-0.39, 0.29) is 48.4 Å². The van der Waals surface area contributed by atoms with E-state index < -0.39 is 0 Å². The molecule has 0 aliphatic carbocycles. The summed E-state index contributed by atoms with van der Waals surface area (Å²) in [7, 11) is 0. The predicted octanol–water partition coefficient (Wildman–Crippen LogP) is 2.57. The van der Waals surface area contributed by atoms with Crippen molar-refractivity contribution in [3.8, 4) is 28.6 Å². The van der Waals surface area contributed by atoms with Gasteiger partial charge in [0.2, 0.25) is 18.6 Å². The van der Waals surface area contributed by atoms with Gasteiger partial charge in [-0.15, -0.1) is 10.2 Å². The molecule has 2 aromatic carbocycles. The van der Waals surface area contributed by atoms with E-state index in [1.54, 1.807) is 0 Å². The smallest absolute Gasteiger partial charge is 0.288 e. The molecular weight excluding hydrogens is 478 g/mol. The molecule has 0 unspecified atom stereocenters. The van der Waals surface area contributed by atoms with E-state index >= 15 is 0 Å². The molecule has 174 valence electrons. The molecule has 3 amide bonds. The number of ether oxygens (including phenoxy) is 2. The summed E-state index contributed by atoms with van der Waals surface area (Å²) in [4.78, 5) is 36.9. The number of fused-ring (bicyclic) bond motifs is 1. The summed E-state index contributed by atoms with van der Waals surface area (Å²) in [6, 6.07) is 15.2. The number of aromatic nitrogens is 3. The highest BCUT2D eigenvalue weighted by Gasteiger charge is 2.29. The second kappa shape index (κ2) is 9.77. The minimum atomic E-state index is -0.277. The molecule has 2 aliphatic rings. The molecule has 0 atom stereocenters. The van der Waals surface area contributed by atoms with Gasteiger partial charge in [0.15, 0.2) is 22.5 Å². The number of amides is 3. The lowest BCUT2D eigenvalue weighted by Gasteiger charge is -2.13. The molecule has 5 rings (SSSR count). The number of nitrogens with one attached hydrogen (secondary N) is 1. The molecule has 3 heterocycles. The number of hydrogen-bond donors (Lipinski definition) is 1. The molecule has 12 heteroatoms. The third-order valence-corrected chi connectivity index (χ3v) is 6.90. The standard InChI is InChI=1S/C22H19N5O5S2/c28-18(23-8-9-26-19(29)12-34-22(26)30)11-33-21-25-24-20(27(21)15-4-2-1-3-5-15)14-6-7-16-17(10-14)32-13-31-16/h1-7,10H,8-9,11-13H2,(H,23,28). The van der Waals surface area contributed by atoms with Crippen molar-refractivity contribution in [2.75, 3.05) is 31.4 Å². The van der Waals surface area contributed by atoms with Crippen LogP contribution in [0.3, 0.4) is 0 Å². The fraction of sp³-hybridized carbons (Fsp3) is 0.227. The van der Waals surface area contributed by atoms with Crippen molar-refractivity contribution in [1.82, 2.24) is 25.0 Å². The number of para-hydroxylation sites is 1. The highest BCUT2D eigenvalue weighted by Crippen LogP contribution is 2.37. The van der Waals surface area contributed by atoms with Crippen LogP contribution in [0.4, 0.5) is 4.79 Å². The van der Waals surface area contributed by atoms with Gasteiger partial charge in [-0.3, -0.25) is 23.9 Å². The first-order valence-electron chi connectivity index (χ1n) is 10.4. The highest BCUT2D eigenvalue weighted by atomic mass is 32.2. The van der Waals surface area contributed by atoms with Gasteiger partial charge in [0.25, 0.3) is 5.24 Å². The quantitative estimate of drug-likeness (QED) is 0.469. The number of carbonyl (C=O) groups is 3. The molecule has 34 heavy (non-hydrogen) atoms. The topological polar surface area (TPSA) is 116 Å². The maximum absolute atomic E-state index is 12.4. The second-order valence-corrected chi connectivity index (χ2v) is 9.15. The lowest BCUT2D eigenvalue weighted by Crippen LogP contribution is -2.38. The molecule has 0 radical (unpaired) electrons. The van der Waals surface area contributed by atoms with Crippen molar-refractivity contribution in [3.63, 3.8) is 0 Å². The van der Waals surface area contributed by atoms with Gasteiger partial charge in [0.05, 0.1) is 11.5 Å². The normalized spacial score (nSPS) is 14.6. The molecule has 1 aromatic heterocycles. The monoisotopic (exact) mass is 497 g/mol. The minimum Gasteiger partial charge on any atom is -0.454 e. The first-order chi connectivity index (χ1) is 16.6. The summed E-state index contributed by atoms with van der Waals surface area (Å²) in [5, 5.41) is 11.7. The Balaban J connectivity index is 1.29. The molecule has 0 spiro atoms. The van der Waals surface area contributed by atoms with Crippen LogP contribution in [-0.2, 0) is 9.59 Å². The Kier molecular flexibility index (Phi) is 6.41. The van der Waals surface area contributed by atoms with Gasteiger partial charge < -0.3 is 14.8 Å². The molecule has 1 N–H and O–H groups in total. The zero-order valence-electron chi connectivity index (χ0n) is 17.8. The zero-order valence-corrected chi connectivity index (χ0v) is 19.4. The summed E-state index contributed by atoms with van der Waals surface area (Å²) in [6.07, 6.45) is 0. The van der Waals surface area contributed by atoms with Gasteiger partial charge in [0, 0.05) is 24.3 Å². The maximum atomic E-state index is 12.4. The van der Waals surface area contributed by atoms with Crippen molar-refractivity contribution >= 4 is 40.6 Å². The Morgan fingerprint density at radius 1 is 1.09 bits per heavy atom. The Morgan fingerprint density at radius 3 is 2.71 bits per heavy atom. The van der Waals surface area contributed by atoms with Gasteiger partial charge in [-0.1, -0.05) is 41.7 Å². The summed E-state index contributed by atoms with van der Waals surface area (Å²) < 4.78 is 12.8. The van der Waals surface area contributed by atoms with Crippen molar-refractivity contribution in [1.29, 1.82) is 0 Å². The maximum Gasteiger partial charge on any atom is 0.288 e. The van der Waals surface area contributed by atoms with Gasteiger partial charge in [-0.25, -0.2) is 0 Å². The number of thioether (sulfide) groups is 2. The van der Waals surface area contributed by atoms with E-state index in [2.05, 4.69) is 15.5 Å². The van der Waals surface area contributed by atoms with Crippen LogP contribution in [0, 0.1) is 0 Å². The summed E-state index contributed by atoms with van der Waals surface area (Å²) in [6.45, 7) is 0.542. The molecule has 2 aliphatic heterocycles. The van der Waals surface area contributed by atoms with Gasteiger partial charge in [-0.05, 0) is 30.3 Å². The van der Waals surface area contributed by atoms with Crippen molar-refractivity contribution in [2.45, 2.75) is 5.16 Å². The molecule has 1 saturated heterocycles. The summed E-state index contributed by atoms with van der Waals surface area (Å²) in [5.74, 6) is 1.72. The SMILES string of the molecule is O=C(CSc1nnc(-c2ccc3c(c2)OCO3)n1-c1ccccc1)NCCN1C(=O)CSC1=O. The first-order valence-corrected chi connectivity index (χ1v) is 12.3. The highest BCUT2D eigenvalue weighted by molar-refractivity contribution is 8.14. The first kappa shape index (κ1) is 22.3. The predicted molar refractivity (Wildman–Crippen MR) is 126 cm³/mol. The van der Waals surface area contributed by atoms with Gasteiger partial charge in [-0.2, -0.15) is 0 Å². The van der Waals surface area contributed by atoms with E-state index in [4.69, 9.17) is 9.47 Å². The Labute approximate surface area is 203 Å². The van der Waals surface area contributed by atoms with Crippen LogP contribution < -0.4 is 14.8 Å². The number of nitrogens with zero attached hydrogens (tertiary/aromatic N) is 4. The Hall–Kier alpha value is -3.51. The van der Waals surface area contributed by atoms with Crippen LogP contribution in [0.15, 0.2) is 53.7 Å². The summed E-state index contributed by atoms with van der Waals surface area (Å²) >= 11 is 2.22. The van der Waals surface area contributed by atoms with Crippen LogP contribution in [0.1, 0.15) is 0 Å². The van der Waals surface area contributed by atoms with E-state index in [1.165, 1.54) is 11.8 Å². The van der Waals surface area contributed by atoms with Crippen LogP contribution >= 0.6 is 23.5 Å². The van der Waals surface area contributed by atoms with Gasteiger partial charge >= 0.3 is 0 Å². The van der Waals surface area contributed by atoms with Crippen LogP contribution in [0.25, 0.3) is 17.1 Å². The molecule has 0 saturated carbocycles. The zero-order chi connectivity index (χ0) is 23.5. The number of benzene rings is 2. The van der Waals surface area contributed by atoms with Crippen LogP contribution in [0.5, 0.6) is 11.5 Å². The number of rotatable bonds is 8. The Morgan fingerprint density at radius 2 is 1.91 bits per heavy atom. The molecule has 10 nitrogen and oxygen atoms in total. The third kappa shape index (κ3) is 4.59. The number of imide groups is 1. The van der Waals surface area contributed by atoms with E-state index in [9.17, 15) is 14.4 Å².